The molecule has 1 fully saturated rings. The minimum absolute atomic E-state index is 0.0842. The van der Waals surface area contributed by atoms with Crippen LogP contribution in [0.15, 0.2) is 30.6 Å². The second kappa shape index (κ2) is 7.57. The number of nitrogens with zero attached hydrogens (tertiary/aromatic N) is 3. The molecule has 7 nitrogen and oxygen atoms in total. The van der Waals surface area contributed by atoms with E-state index in [1.54, 1.807) is 20.1 Å². The van der Waals surface area contributed by atoms with E-state index in [4.69, 9.17) is 23.3 Å². The summed E-state index contributed by atoms with van der Waals surface area (Å²) in [5.74, 6) is -0.572. The molecule has 0 N–H and O–H groups in total. The molecule has 1 aliphatic rings. The van der Waals surface area contributed by atoms with E-state index in [1.165, 1.54) is 16.8 Å². The predicted molar refractivity (Wildman–Crippen MR) is 108 cm³/mol. The molecule has 3 aromatic heterocycles. The average molecular weight is 398 g/mol. The smallest absolute Gasteiger partial charge is 0.357 e. The van der Waals surface area contributed by atoms with Gasteiger partial charge in [-0.25, -0.2) is 14.8 Å². The summed E-state index contributed by atoms with van der Waals surface area (Å²) < 4.78 is 41.8. The van der Waals surface area contributed by atoms with E-state index in [1.807, 2.05) is 19.1 Å². The Morgan fingerprint density at radius 2 is 2.24 bits per heavy atom. The molecule has 29 heavy (non-hydrogen) atoms. The number of rotatable bonds is 5. The minimum Gasteiger partial charge on any atom is -0.461 e. The van der Waals surface area contributed by atoms with Crippen molar-refractivity contribution in [3.63, 3.8) is 0 Å². The fourth-order valence-corrected chi connectivity index (χ4v) is 3.67. The Morgan fingerprint density at radius 3 is 2.93 bits per heavy atom. The van der Waals surface area contributed by atoms with Crippen LogP contribution in [0.1, 0.15) is 44.9 Å². The maximum absolute atomic E-state index is 12.3. The highest BCUT2D eigenvalue weighted by atomic mass is 16.5. The highest BCUT2D eigenvalue weighted by molar-refractivity contribution is 5.91. The van der Waals surface area contributed by atoms with E-state index in [2.05, 4.69) is 4.98 Å². The van der Waals surface area contributed by atoms with Gasteiger partial charge in [0.15, 0.2) is 5.69 Å². The van der Waals surface area contributed by atoms with Crippen molar-refractivity contribution in [1.29, 1.82) is 0 Å². The van der Waals surface area contributed by atoms with Crippen molar-refractivity contribution in [1.82, 2.24) is 14.4 Å². The van der Waals surface area contributed by atoms with Gasteiger partial charge in [-0.1, -0.05) is 0 Å². The monoisotopic (exact) mass is 398 g/mol. The van der Waals surface area contributed by atoms with Crippen LogP contribution in [0, 0.1) is 13.8 Å². The lowest BCUT2D eigenvalue weighted by Gasteiger charge is -2.26. The summed E-state index contributed by atoms with van der Waals surface area (Å²) in [7, 11) is 1.64. The van der Waals surface area contributed by atoms with Gasteiger partial charge in [0.25, 0.3) is 0 Å². The third-order valence-corrected chi connectivity index (χ3v) is 5.24. The Balaban J connectivity index is 1.93. The fraction of sp³-hybridized carbons (Fsp3) is 0.409. The summed E-state index contributed by atoms with van der Waals surface area (Å²) in [6.45, 7) is 2.46. The van der Waals surface area contributed by atoms with E-state index >= 15 is 0 Å². The SMILES string of the molecule is [2H]C([2H])([2H])c1cc(-c2cc(C)cc([C@]3(OC)CCOC3)n2)c2cc(C(=O)OCC)ncn12. The van der Waals surface area contributed by atoms with Gasteiger partial charge in [0.1, 0.15) is 11.9 Å². The van der Waals surface area contributed by atoms with Crippen molar-refractivity contribution in [2.75, 3.05) is 26.9 Å². The number of esters is 1. The Labute approximate surface area is 173 Å². The van der Waals surface area contributed by atoms with Crippen molar-refractivity contribution in [2.45, 2.75) is 32.7 Å². The number of carbonyl (C=O) groups is 1. The Bertz CT molecular complexity index is 1170. The van der Waals surface area contributed by atoms with Gasteiger partial charge in [-0.3, -0.25) is 0 Å². The van der Waals surface area contributed by atoms with Crippen LogP contribution in [-0.4, -0.2) is 47.3 Å². The molecule has 0 saturated carbocycles. The molecule has 4 rings (SSSR count). The highest BCUT2D eigenvalue weighted by Gasteiger charge is 2.38. The van der Waals surface area contributed by atoms with Gasteiger partial charge in [-0.2, -0.15) is 0 Å². The zero-order valence-electron chi connectivity index (χ0n) is 19.7. The third-order valence-electron chi connectivity index (χ3n) is 5.24. The molecule has 7 heteroatoms. The lowest BCUT2D eigenvalue weighted by atomic mass is 9.95. The third kappa shape index (κ3) is 3.41. The topological polar surface area (TPSA) is 75.0 Å². The molecule has 1 aliphatic heterocycles. The zero-order chi connectivity index (χ0) is 23.1. The highest BCUT2D eigenvalue weighted by Crippen LogP contribution is 2.35. The second-order valence-electron chi connectivity index (χ2n) is 7.11. The molecule has 1 saturated heterocycles. The van der Waals surface area contributed by atoms with Gasteiger partial charge in [-0.15, -0.1) is 0 Å². The maximum Gasteiger partial charge on any atom is 0.357 e. The van der Waals surface area contributed by atoms with Crippen LogP contribution in [0.5, 0.6) is 0 Å². The van der Waals surface area contributed by atoms with E-state index in [0.717, 1.165) is 11.3 Å². The molecular formula is C22H25N3O4. The fourth-order valence-electron chi connectivity index (χ4n) is 3.67. The van der Waals surface area contributed by atoms with Crippen LogP contribution < -0.4 is 0 Å². The summed E-state index contributed by atoms with van der Waals surface area (Å²) in [6.07, 6.45) is 2.01. The predicted octanol–water partition coefficient (Wildman–Crippen LogP) is 3.45. The van der Waals surface area contributed by atoms with Gasteiger partial charge in [-0.05, 0) is 50.5 Å². The van der Waals surface area contributed by atoms with Crippen LogP contribution in [0.25, 0.3) is 16.8 Å². The van der Waals surface area contributed by atoms with Crippen molar-refractivity contribution < 1.29 is 23.1 Å². The van der Waals surface area contributed by atoms with Crippen molar-refractivity contribution in [3.05, 3.63) is 53.2 Å². The molecule has 0 amide bonds. The zero-order valence-corrected chi connectivity index (χ0v) is 16.7. The maximum atomic E-state index is 12.3. The van der Waals surface area contributed by atoms with Crippen LogP contribution >= 0.6 is 0 Å². The number of pyridine rings is 1. The van der Waals surface area contributed by atoms with Crippen LogP contribution in [0.3, 0.4) is 0 Å². The number of aryl methyl sites for hydroxylation is 2. The standard InChI is InChI=1S/C22H25N3O4/c1-5-29-21(26)18-11-19-16(10-15(3)25(19)13-23-18)17-8-14(2)9-20(24-17)22(27-4)6-7-28-12-22/h8-11,13H,5-7,12H2,1-4H3/t22-/m0/s1/i3D3. The van der Waals surface area contributed by atoms with Crippen LogP contribution in [0.4, 0.5) is 0 Å². The molecule has 152 valence electrons. The molecule has 0 aromatic carbocycles. The molecular weight excluding hydrogens is 370 g/mol. The molecule has 1 atom stereocenters. The van der Waals surface area contributed by atoms with Crippen molar-refractivity contribution >= 4 is 11.5 Å². The first-order valence-corrected chi connectivity index (χ1v) is 9.49. The molecule has 0 bridgehead atoms. The van der Waals surface area contributed by atoms with Gasteiger partial charge < -0.3 is 18.6 Å². The summed E-state index contributed by atoms with van der Waals surface area (Å²) in [5.41, 5.74) is 2.87. The first kappa shape index (κ1) is 16.1. The van der Waals surface area contributed by atoms with Gasteiger partial charge in [0.05, 0.1) is 30.1 Å². The Kier molecular flexibility index (Phi) is 4.20. The number of aromatic nitrogens is 3. The lowest BCUT2D eigenvalue weighted by Crippen LogP contribution is -2.30. The molecule has 3 aromatic rings. The molecule has 0 unspecified atom stereocenters. The van der Waals surface area contributed by atoms with Gasteiger partial charge in [0, 0.05) is 35.5 Å². The molecule has 0 radical (unpaired) electrons. The minimum atomic E-state index is -2.38. The molecule has 4 heterocycles. The number of fused-ring (bicyclic) bond motifs is 1. The van der Waals surface area contributed by atoms with Crippen molar-refractivity contribution in [2.24, 2.45) is 0 Å². The largest absolute Gasteiger partial charge is 0.461 e. The second-order valence-corrected chi connectivity index (χ2v) is 7.11. The molecule has 0 spiro atoms. The number of hydrogen-bond donors (Lipinski definition) is 0. The van der Waals surface area contributed by atoms with E-state index in [9.17, 15) is 4.79 Å². The van der Waals surface area contributed by atoms with Crippen LogP contribution in [-0.2, 0) is 19.8 Å². The number of hydrogen-bond acceptors (Lipinski definition) is 6. The number of carbonyl (C=O) groups excluding carboxylic acids is 1. The summed E-state index contributed by atoms with van der Waals surface area (Å²) in [4.78, 5) is 21.2. The van der Waals surface area contributed by atoms with Crippen LogP contribution in [0.2, 0.25) is 0 Å². The quantitative estimate of drug-likeness (QED) is 0.613. The van der Waals surface area contributed by atoms with Gasteiger partial charge in [0.2, 0.25) is 0 Å². The van der Waals surface area contributed by atoms with E-state index < -0.39 is 18.4 Å². The summed E-state index contributed by atoms with van der Waals surface area (Å²) in [5, 5.41) is 0. The average Bonchev–Trinajstić information content (AvgIpc) is 3.38. The van der Waals surface area contributed by atoms with Crippen molar-refractivity contribution in [3.8, 4) is 11.3 Å². The Morgan fingerprint density at radius 1 is 1.38 bits per heavy atom. The summed E-state index contributed by atoms with van der Waals surface area (Å²) >= 11 is 0. The van der Waals surface area contributed by atoms with E-state index in [0.29, 0.717) is 36.4 Å². The van der Waals surface area contributed by atoms with Gasteiger partial charge >= 0.3 is 5.97 Å². The number of ether oxygens (including phenoxy) is 3. The normalized spacial score (nSPS) is 21.0. The van der Waals surface area contributed by atoms with E-state index in [-0.39, 0.29) is 18.0 Å². The lowest BCUT2D eigenvalue weighted by molar-refractivity contribution is -0.0245. The first-order valence-electron chi connectivity index (χ1n) is 11.0. The first-order chi connectivity index (χ1) is 15.2. The number of methoxy groups -OCH3 is 1. The summed E-state index contributed by atoms with van der Waals surface area (Å²) in [6, 6.07) is 6.95. The Hall–Kier alpha value is -2.77. The molecule has 0 aliphatic carbocycles.